The number of hydrogen-bond donors (Lipinski definition) is 0. The second-order valence-electron chi connectivity index (χ2n) is 3.06. The van der Waals surface area contributed by atoms with Crippen LogP contribution in [0.3, 0.4) is 0 Å². The van der Waals surface area contributed by atoms with Gasteiger partial charge in [0.05, 0.1) is 17.9 Å². The van der Waals surface area contributed by atoms with E-state index in [9.17, 15) is 13.2 Å². The summed E-state index contributed by atoms with van der Waals surface area (Å²) < 4.78 is 41.0. The highest BCUT2D eigenvalue weighted by atomic mass is 35.5. The molecule has 1 rings (SSSR count). The van der Waals surface area contributed by atoms with Crippen LogP contribution in [0.5, 0.6) is 0 Å². The monoisotopic (exact) mass is 202 g/mol. The van der Waals surface area contributed by atoms with Crippen LogP contribution in [0, 0.1) is 0 Å². The third kappa shape index (κ3) is 2.52. The molecule has 12 heavy (non-hydrogen) atoms. The predicted molar refractivity (Wildman–Crippen MR) is 39.3 cm³/mol. The van der Waals surface area contributed by atoms with Gasteiger partial charge in [-0.15, -0.1) is 11.6 Å². The van der Waals surface area contributed by atoms with Crippen LogP contribution in [-0.4, -0.2) is 24.3 Å². The lowest BCUT2D eigenvalue weighted by Gasteiger charge is -2.26. The average molecular weight is 203 g/mol. The highest BCUT2D eigenvalue weighted by Crippen LogP contribution is 2.37. The number of ether oxygens (including phenoxy) is 1. The fourth-order valence-corrected chi connectivity index (χ4v) is 1.72. The molecule has 0 aliphatic carbocycles. The van der Waals surface area contributed by atoms with Crippen LogP contribution in [0.1, 0.15) is 19.3 Å². The Morgan fingerprint density at radius 2 is 2.08 bits per heavy atom. The largest absolute Gasteiger partial charge is 0.391 e. The summed E-state index contributed by atoms with van der Waals surface area (Å²) in [5, 5.41) is 0. The van der Waals surface area contributed by atoms with Crippen molar-refractivity contribution in [3.05, 3.63) is 0 Å². The molecule has 0 N–H and O–H groups in total. The minimum Gasteiger partial charge on any atom is -0.373 e. The third-order valence-corrected chi connectivity index (χ3v) is 2.44. The Morgan fingerprint density at radius 1 is 1.42 bits per heavy atom. The Kier molecular flexibility index (Phi) is 2.88. The van der Waals surface area contributed by atoms with E-state index in [2.05, 4.69) is 0 Å². The fraction of sp³-hybridized carbons (Fsp3) is 1.00. The molecule has 1 heterocycles. The fourth-order valence-electron chi connectivity index (χ4n) is 1.41. The molecule has 0 saturated carbocycles. The standard InChI is InChI=1S/C7H10ClF3O/c8-5-6(2-1-3-12-6)4-7(9,10)11/h1-5H2. The summed E-state index contributed by atoms with van der Waals surface area (Å²) in [6.07, 6.45) is -4.03. The molecule has 0 amide bonds. The Labute approximate surface area is 73.8 Å². The zero-order valence-electron chi connectivity index (χ0n) is 6.46. The molecule has 72 valence electrons. The maximum Gasteiger partial charge on any atom is 0.391 e. The first-order chi connectivity index (χ1) is 5.47. The van der Waals surface area contributed by atoms with Crippen LogP contribution >= 0.6 is 11.6 Å². The summed E-state index contributed by atoms with van der Waals surface area (Å²) in [6.45, 7) is 0.392. The van der Waals surface area contributed by atoms with Crippen molar-refractivity contribution >= 4 is 11.6 Å². The lowest BCUT2D eigenvalue weighted by Crippen LogP contribution is -2.35. The predicted octanol–water partition coefficient (Wildman–Crippen LogP) is 2.73. The maximum absolute atomic E-state index is 12.0. The van der Waals surface area contributed by atoms with Crippen molar-refractivity contribution in [3.63, 3.8) is 0 Å². The molecule has 0 radical (unpaired) electrons. The van der Waals surface area contributed by atoms with E-state index in [1.54, 1.807) is 0 Å². The summed E-state index contributed by atoms with van der Waals surface area (Å²) in [5.41, 5.74) is -1.14. The molecule has 0 bridgehead atoms. The zero-order chi connectivity index (χ0) is 9.24. The van der Waals surface area contributed by atoms with E-state index in [4.69, 9.17) is 16.3 Å². The topological polar surface area (TPSA) is 9.23 Å². The van der Waals surface area contributed by atoms with Gasteiger partial charge < -0.3 is 4.74 Å². The Morgan fingerprint density at radius 3 is 2.42 bits per heavy atom. The van der Waals surface area contributed by atoms with Crippen LogP contribution in [0.15, 0.2) is 0 Å². The summed E-state index contributed by atoms with van der Waals surface area (Å²) in [6, 6.07) is 0. The first kappa shape index (κ1) is 10.1. The van der Waals surface area contributed by atoms with E-state index in [1.165, 1.54) is 0 Å². The van der Waals surface area contributed by atoms with Gasteiger partial charge in [0.15, 0.2) is 0 Å². The van der Waals surface area contributed by atoms with Crippen molar-refractivity contribution in [1.82, 2.24) is 0 Å². The van der Waals surface area contributed by atoms with Gasteiger partial charge in [0, 0.05) is 6.61 Å². The summed E-state index contributed by atoms with van der Waals surface area (Å²) >= 11 is 5.45. The maximum atomic E-state index is 12.0. The molecular weight excluding hydrogens is 193 g/mol. The first-order valence-electron chi connectivity index (χ1n) is 3.74. The van der Waals surface area contributed by atoms with Gasteiger partial charge in [-0.05, 0) is 12.8 Å². The molecule has 1 aliphatic heterocycles. The molecule has 1 atom stereocenters. The Bertz CT molecular complexity index is 151. The van der Waals surface area contributed by atoms with Gasteiger partial charge in [-0.1, -0.05) is 0 Å². The van der Waals surface area contributed by atoms with Crippen molar-refractivity contribution in [2.24, 2.45) is 0 Å². The second-order valence-corrected chi connectivity index (χ2v) is 3.33. The number of alkyl halides is 4. The number of hydrogen-bond acceptors (Lipinski definition) is 1. The summed E-state index contributed by atoms with van der Waals surface area (Å²) in [7, 11) is 0. The lowest BCUT2D eigenvalue weighted by atomic mass is 9.98. The van der Waals surface area contributed by atoms with Crippen LogP contribution in [-0.2, 0) is 4.74 Å². The van der Waals surface area contributed by atoms with Crippen molar-refractivity contribution in [2.45, 2.75) is 31.0 Å². The molecular formula is C7H10ClF3O. The molecule has 1 fully saturated rings. The molecule has 0 aromatic carbocycles. The summed E-state index contributed by atoms with van der Waals surface area (Å²) in [5.74, 6) is -0.0769. The van der Waals surface area contributed by atoms with Gasteiger partial charge in [-0.2, -0.15) is 13.2 Å². The number of halogens is 4. The number of rotatable bonds is 2. The quantitative estimate of drug-likeness (QED) is 0.626. The molecule has 0 aromatic heterocycles. The normalized spacial score (nSPS) is 31.0. The van der Waals surface area contributed by atoms with Crippen molar-refractivity contribution in [1.29, 1.82) is 0 Å². The average Bonchev–Trinajstić information content (AvgIpc) is 2.34. The van der Waals surface area contributed by atoms with E-state index in [0.29, 0.717) is 19.4 Å². The van der Waals surface area contributed by atoms with Gasteiger partial charge in [0.2, 0.25) is 0 Å². The van der Waals surface area contributed by atoms with Crippen molar-refractivity contribution < 1.29 is 17.9 Å². The molecule has 5 heteroatoms. The highest BCUT2D eigenvalue weighted by Gasteiger charge is 2.44. The molecule has 0 aromatic rings. The Balaban J connectivity index is 2.55. The van der Waals surface area contributed by atoms with E-state index >= 15 is 0 Å². The van der Waals surface area contributed by atoms with Gasteiger partial charge in [-0.3, -0.25) is 0 Å². The van der Waals surface area contributed by atoms with Gasteiger partial charge in [0.25, 0.3) is 0 Å². The van der Waals surface area contributed by atoms with Gasteiger partial charge >= 0.3 is 6.18 Å². The third-order valence-electron chi connectivity index (χ3n) is 1.95. The minimum atomic E-state index is -4.18. The van der Waals surface area contributed by atoms with E-state index < -0.39 is 18.2 Å². The first-order valence-corrected chi connectivity index (χ1v) is 4.28. The molecule has 1 unspecified atom stereocenters. The summed E-state index contributed by atoms with van der Waals surface area (Å²) in [4.78, 5) is 0. The van der Waals surface area contributed by atoms with Crippen LogP contribution in [0.4, 0.5) is 13.2 Å². The van der Waals surface area contributed by atoms with E-state index in [-0.39, 0.29) is 5.88 Å². The van der Waals surface area contributed by atoms with Crippen LogP contribution < -0.4 is 0 Å². The SMILES string of the molecule is FC(F)(F)CC1(CCl)CCCO1. The van der Waals surface area contributed by atoms with Gasteiger partial charge in [0.1, 0.15) is 0 Å². The van der Waals surface area contributed by atoms with E-state index in [1.807, 2.05) is 0 Å². The highest BCUT2D eigenvalue weighted by molar-refractivity contribution is 6.18. The lowest BCUT2D eigenvalue weighted by molar-refractivity contribution is -0.174. The molecule has 0 spiro atoms. The second kappa shape index (κ2) is 3.42. The minimum absolute atomic E-state index is 0.0769. The van der Waals surface area contributed by atoms with Crippen LogP contribution in [0.25, 0.3) is 0 Å². The smallest absolute Gasteiger partial charge is 0.373 e. The molecule has 1 nitrogen and oxygen atoms in total. The molecule has 1 aliphatic rings. The molecule has 1 saturated heterocycles. The van der Waals surface area contributed by atoms with E-state index in [0.717, 1.165) is 0 Å². The van der Waals surface area contributed by atoms with Crippen molar-refractivity contribution in [3.8, 4) is 0 Å². The Hall–Kier alpha value is 0.0400. The van der Waals surface area contributed by atoms with Crippen molar-refractivity contribution in [2.75, 3.05) is 12.5 Å². The van der Waals surface area contributed by atoms with Crippen LogP contribution in [0.2, 0.25) is 0 Å². The zero-order valence-corrected chi connectivity index (χ0v) is 7.21. The van der Waals surface area contributed by atoms with Gasteiger partial charge in [-0.25, -0.2) is 0 Å².